The number of likely N-dealkylation sites (tertiary alicyclic amines) is 1. The van der Waals surface area contributed by atoms with Crippen molar-refractivity contribution in [1.29, 1.82) is 0 Å². The van der Waals surface area contributed by atoms with Crippen LogP contribution in [0.2, 0.25) is 5.02 Å². The van der Waals surface area contributed by atoms with Crippen molar-refractivity contribution in [2.24, 2.45) is 5.73 Å². The molecule has 1 aromatic carbocycles. The second-order valence-corrected chi connectivity index (χ2v) is 6.54. The zero-order valence-corrected chi connectivity index (χ0v) is 14.2. The number of nitrogens with two attached hydrogens (primary N) is 1. The summed E-state index contributed by atoms with van der Waals surface area (Å²) in [6, 6.07) is 7.63. The van der Waals surface area contributed by atoms with E-state index in [2.05, 4.69) is 5.10 Å². The van der Waals surface area contributed by atoms with Gasteiger partial charge in [0.05, 0.1) is 17.8 Å². The molecular weight excluding hydrogens is 312 g/mol. The van der Waals surface area contributed by atoms with E-state index in [4.69, 9.17) is 17.3 Å². The molecule has 1 aliphatic rings. The van der Waals surface area contributed by atoms with Crippen LogP contribution in [0, 0.1) is 13.8 Å². The lowest BCUT2D eigenvalue weighted by molar-refractivity contribution is -0.129. The number of carbonyl (C=O) groups is 1. The standard InChI is InChI=1S/C17H21ClN4O/c1-11-16(9-17(23)21-8-7-14(19)10-21)12(2)22(20-11)15-5-3-13(18)4-6-15/h3-6,14H,7-10,19H2,1-2H3/t14-/m1/s1. The lowest BCUT2D eigenvalue weighted by Gasteiger charge is -2.15. The maximum Gasteiger partial charge on any atom is 0.227 e. The predicted molar refractivity (Wildman–Crippen MR) is 90.9 cm³/mol. The SMILES string of the molecule is Cc1nn(-c2ccc(Cl)cc2)c(C)c1CC(=O)N1CC[C@@H](N)C1. The van der Waals surface area contributed by atoms with Gasteiger partial charge < -0.3 is 10.6 Å². The minimum absolute atomic E-state index is 0.109. The number of carbonyl (C=O) groups excluding carboxylic acids is 1. The van der Waals surface area contributed by atoms with Crippen molar-refractivity contribution in [3.05, 3.63) is 46.2 Å². The van der Waals surface area contributed by atoms with Crippen molar-refractivity contribution in [3.63, 3.8) is 0 Å². The van der Waals surface area contributed by atoms with E-state index in [-0.39, 0.29) is 11.9 Å². The van der Waals surface area contributed by atoms with Gasteiger partial charge in [-0.15, -0.1) is 0 Å². The summed E-state index contributed by atoms with van der Waals surface area (Å²) in [5.74, 6) is 0.125. The topological polar surface area (TPSA) is 64.2 Å². The predicted octanol–water partition coefficient (Wildman–Crippen LogP) is 2.24. The van der Waals surface area contributed by atoms with Gasteiger partial charge in [0.1, 0.15) is 0 Å². The van der Waals surface area contributed by atoms with Gasteiger partial charge in [-0.05, 0) is 44.5 Å². The summed E-state index contributed by atoms with van der Waals surface area (Å²) < 4.78 is 1.87. The van der Waals surface area contributed by atoms with Crippen molar-refractivity contribution in [2.75, 3.05) is 13.1 Å². The first-order valence-corrected chi connectivity index (χ1v) is 8.18. The molecular formula is C17H21ClN4O. The van der Waals surface area contributed by atoms with Crippen LogP contribution in [0.4, 0.5) is 0 Å². The van der Waals surface area contributed by atoms with Gasteiger partial charge in [-0.3, -0.25) is 4.79 Å². The van der Waals surface area contributed by atoms with Gasteiger partial charge in [-0.25, -0.2) is 4.68 Å². The number of hydrogen-bond donors (Lipinski definition) is 1. The molecule has 0 saturated carbocycles. The largest absolute Gasteiger partial charge is 0.341 e. The van der Waals surface area contributed by atoms with E-state index in [1.807, 2.05) is 47.7 Å². The molecule has 122 valence electrons. The van der Waals surface area contributed by atoms with Gasteiger partial charge in [0.2, 0.25) is 5.91 Å². The van der Waals surface area contributed by atoms with Gasteiger partial charge in [-0.1, -0.05) is 11.6 Å². The van der Waals surface area contributed by atoms with Crippen LogP contribution < -0.4 is 5.73 Å². The Hall–Kier alpha value is -1.85. The van der Waals surface area contributed by atoms with Crippen LogP contribution in [0.15, 0.2) is 24.3 Å². The lowest BCUT2D eigenvalue weighted by Crippen LogP contribution is -2.33. The molecule has 1 aliphatic heterocycles. The Morgan fingerprint density at radius 1 is 1.35 bits per heavy atom. The van der Waals surface area contributed by atoms with Crippen LogP contribution in [0.5, 0.6) is 0 Å². The van der Waals surface area contributed by atoms with Crippen molar-refractivity contribution < 1.29 is 4.79 Å². The second kappa shape index (κ2) is 6.34. The van der Waals surface area contributed by atoms with Crippen molar-refractivity contribution in [2.45, 2.75) is 32.7 Å². The number of halogens is 1. The third-order valence-electron chi connectivity index (χ3n) is 4.42. The Bertz CT molecular complexity index is 723. The fraction of sp³-hybridized carbons (Fsp3) is 0.412. The van der Waals surface area contributed by atoms with Crippen LogP contribution in [0.1, 0.15) is 23.4 Å². The average Bonchev–Trinajstić information content (AvgIpc) is 3.07. The molecule has 0 radical (unpaired) electrons. The smallest absolute Gasteiger partial charge is 0.227 e. The fourth-order valence-electron chi connectivity index (χ4n) is 3.04. The van der Waals surface area contributed by atoms with E-state index in [9.17, 15) is 4.79 Å². The summed E-state index contributed by atoms with van der Waals surface area (Å²) in [5.41, 5.74) is 9.69. The minimum atomic E-state index is 0.109. The van der Waals surface area contributed by atoms with Gasteiger partial charge in [0, 0.05) is 35.4 Å². The third kappa shape index (κ3) is 3.26. The molecule has 3 rings (SSSR count). The Morgan fingerprint density at radius 3 is 2.65 bits per heavy atom. The summed E-state index contributed by atoms with van der Waals surface area (Å²) in [4.78, 5) is 14.3. The first kappa shape index (κ1) is 16.0. The summed E-state index contributed by atoms with van der Waals surface area (Å²) in [6.45, 7) is 5.34. The molecule has 0 aliphatic carbocycles. The normalized spacial score (nSPS) is 17.7. The summed E-state index contributed by atoms with van der Waals surface area (Å²) in [5, 5.41) is 5.27. The van der Waals surface area contributed by atoms with Gasteiger partial charge in [0.15, 0.2) is 0 Å². The van der Waals surface area contributed by atoms with Gasteiger partial charge in [0.25, 0.3) is 0 Å². The highest BCUT2D eigenvalue weighted by Gasteiger charge is 2.25. The first-order chi connectivity index (χ1) is 11.0. The van der Waals surface area contributed by atoms with Crippen LogP contribution in [-0.2, 0) is 11.2 Å². The monoisotopic (exact) mass is 332 g/mol. The maximum atomic E-state index is 12.5. The summed E-state index contributed by atoms with van der Waals surface area (Å²) in [6.07, 6.45) is 1.26. The van der Waals surface area contributed by atoms with Gasteiger partial charge in [-0.2, -0.15) is 5.10 Å². The summed E-state index contributed by atoms with van der Waals surface area (Å²) >= 11 is 5.94. The van der Waals surface area contributed by atoms with E-state index in [1.165, 1.54) is 0 Å². The third-order valence-corrected chi connectivity index (χ3v) is 4.67. The second-order valence-electron chi connectivity index (χ2n) is 6.10. The molecule has 0 spiro atoms. The zero-order valence-electron chi connectivity index (χ0n) is 13.4. The molecule has 1 aromatic heterocycles. The molecule has 5 nitrogen and oxygen atoms in total. The molecule has 2 aromatic rings. The first-order valence-electron chi connectivity index (χ1n) is 7.80. The van der Waals surface area contributed by atoms with Crippen molar-refractivity contribution in [1.82, 2.24) is 14.7 Å². The van der Waals surface area contributed by atoms with E-state index >= 15 is 0 Å². The highest BCUT2D eigenvalue weighted by atomic mass is 35.5. The Balaban J connectivity index is 1.83. The average molecular weight is 333 g/mol. The molecule has 6 heteroatoms. The van der Waals surface area contributed by atoms with E-state index in [0.29, 0.717) is 18.0 Å². The number of rotatable bonds is 3. The maximum absolute atomic E-state index is 12.5. The highest BCUT2D eigenvalue weighted by Crippen LogP contribution is 2.21. The van der Waals surface area contributed by atoms with Crippen LogP contribution >= 0.6 is 11.6 Å². The number of nitrogens with zero attached hydrogens (tertiary/aromatic N) is 3. The molecule has 1 fully saturated rings. The van der Waals surface area contributed by atoms with Crippen LogP contribution in [0.3, 0.4) is 0 Å². The minimum Gasteiger partial charge on any atom is -0.341 e. The molecule has 23 heavy (non-hydrogen) atoms. The van der Waals surface area contributed by atoms with Crippen LogP contribution in [-0.4, -0.2) is 39.7 Å². The molecule has 0 bridgehead atoms. The molecule has 2 N–H and O–H groups in total. The molecule has 2 heterocycles. The Morgan fingerprint density at radius 2 is 2.04 bits per heavy atom. The van der Waals surface area contributed by atoms with E-state index in [1.54, 1.807) is 0 Å². The molecule has 1 amide bonds. The molecule has 1 saturated heterocycles. The zero-order chi connectivity index (χ0) is 16.6. The fourth-order valence-corrected chi connectivity index (χ4v) is 3.17. The Kier molecular flexibility index (Phi) is 4.41. The number of aryl methyl sites for hydroxylation is 1. The summed E-state index contributed by atoms with van der Waals surface area (Å²) in [7, 11) is 0. The quantitative estimate of drug-likeness (QED) is 0.937. The van der Waals surface area contributed by atoms with Crippen molar-refractivity contribution in [3.8, 4) is 5.69 Å². The van der Waals surface area contributed by atoms with Crippen molar-refractivity contribution >= 4 is 17.5 Å². The van der Waals surface area contributed by atoms with Crippen LogP contribution in [0.25, 0.3) is 5.69 Å². The molecule has 1 atom stereocenters. The van der Waals surface area contributed by atoms with Gasteiger partial charge >= 0.3 is 0 Å². The van der Waals surface area contributed by atoms with E-state index in [0.717, 1.165) is 35.6 Å². The lowest BCUT2D eigenvalue weighted by atomic mass is 10.1. The Labute approximate surface area is 141 Å². The number of hydrogen-bond acceptors (Lipinski definition) is 3. The highest BCUT2D eigenvalue weighted by molar-refractivity contribution is 6.30. The van der Waals surface area contributed by atoms with E-state index < -0.39 is 0 Å². The number of benzene rings is 1. The number of amides is 1. The molecule has 0 unspecified atom stereocenters. The number of aromatic nitrogens is 2.